The summed E-state index contributed by atoms with van der Waals surface area (Å²) in [6.07, 6.45) is 1.33. The predicted octanol–water partition coefficient (Wildman–Crippen LogP) is 6.26. The topological polar surface area (TPSA) is 118 Å². The number of halogens is 4. The molecule has 2 aromatic carbocycles. The number of hydrogen-bond donors (Lipinski definition) is 0. The number of alkyl halides is 4. The van der Waals surface area contributed by atoms with Crippen LogP contribution in [0.15, 0.2) is 48.5 Å². The van der Waals surface area contributed by atoms with Gasteiger partial charge in [-0.05, 0) is 61.1 Å². The van der Waals surface area contributed by atoms with Gasteiger partial charge in [-0.1, -0.05) is 24.3 Å². The maximum Gasteiger partial charge on any atom is 0.306 e. The van der Waals surface area contributed by atoms with E-state index >= 15 is 0 Å². The zero-order valence-corrected chi connectivity index (χ0v) is 34.4. The zero-order chi connectivity index (χ0) is 38.4. The standard InChI is InChI=1S/C36H54Cl4N3O8P/c1-43(2,3)26-27-49-52(46,47)50-29-34(51-36(45)9-5-7-31-12-16-33(17-13-31)42(24-20-39)25-21-40)28-48-35(44)8-4-6-30-10-14-32(15-11-30)41(22-18-37)23-19-38/h10-17,34H,4-9,18-29H2,1-3H3/t34-/m1/s1. The molecule has 2 atom stereocenters. The van der Waals surface area contributed by atoms with Crippen LogP contribution in [-0.2, 0) is 45.5 Å². The minimum atomic E-state index is -4.70. The molecule has 16 heteroatoms. The van der Waals surface area contributed by atoms with E-state index in [0.717, 1.165) is 22.5 Å². The number of phosphoric ester groups is 1. The molecule has 11 nitrogen and oxygen atoms in total. The minimum absolute atomic E-state index is 0.0696. The van der Waals surface area contributed by atoms with Crippen molar-refractivity contribution in [2.75, 3.05) is 107 Å². The lowest BCUT2D eigenvalue weighted by Crippen LogP contribution is -2.37. The summed E-state index contributed by atoms with van der Waals surface area (Å²) in [6, 6.07) is 16.0. The lowest BCUT2D eigenvalue weighted by molar-refractivity contribution is -0.870. The average molecular weight is 830 g/mol. The van der Waals surface area contributed by atoms with Crippen LogP contribution in [0, 0.1) is 0 Å². The summed E-state index contributed by atoms with van der Waals surface area (Å²) in [4.78, 5) is 42.0. The Morgan fingerprint density at radius 2 is 1.15 bits per heavy atom. The highest BCUT2D eigenvalue weighted by Gasteiger charge is 2.22. The van der Waals surface area contributed by atoms with Gasteiger partial charge in [0.05, 0.1) is 27.7 Å². The summed E-state index contributed by atoms with van der Waals surface area (Å²) in [5, 5.41) is 0. The number of carbonyl (C=O) groups is 2. The van der Waals surface area contributed by atoms with Gasteiger partial charge in [0.15, 0.2) is 6.10 Å². The van der Waals surface area contributed by atoms with Crippen LogP contribution in [-0.4, -0.2) is 120 Å². The van der Waals surface area contributed by atoms with Crippen molar-refractivity contribution in [3.8, 4) is 0 Å². The van der Waals surface area contributed by atoms with Crippen LogP contribution < -0.4 is 14.7 Å². The van der Waals surface area contributed by atoms with Crippen molar-refractivity contribution in [1.82, 2.24) is 0 Å². The smallest absolute Gasteiger partial charge is 0.306 e. The first-order chi connectivity index (χ1) is 24.8. The van der Waals surface area contributed by atoms with Gasteiger partial charge in [0, 0.05) is 73.9 Å². The molecule has 0 bridgehead atoms. The summed E-state index contributed by atoms with van der Waals surface area (Å²) in [5.74, 6) is 0.897. The summed E-state index contributed by atoms with van der Waals surface area (Å²) in [7, 11) is 0.995. The van der Waals surface area contributed by atoms with Crippen molar-refractivity contribution in [3.05, 3.63) is 59.7 Å². The van der Waals surface area contributed by atoms with Crippen molar-refractivity contribution >= 4 is 77.5 Å². The second-order valence-corrected chi connectivity index (χ2v) is 16.1. The van der Waals surface area contributed by atoms with Gasteiger partial charge in [-0.3, -0.25) is 14.2 Å². The normalized spacial score (nSPS) is 13.3. The van der Waals surface area contributed by atoms with Crippen molar-refractivity contribution in [2.45, 2.75) is 44.6 Å². The molecule has 0 aromatic heterocycles. The number of nitrogens with zero attached hydrogens (tertiary/aromatic N) is 3. The molecule has 0 amide bonds. The number of anilines is 2. The summed E-state index contributed by atoms with van der Waals surface area (Å²) >= 11 is 23.7. The molecule has 0 radical (unpaired) electrons. The van der Waals surface area contributed by atoms with Gasteiger partial charge in [0.1, 0.15) is 19.8 Å². The van der Waals surface area contributed by atoms with E-state index in [-0.39, 0.29) is 26.1 Å². The minimum Gasteiger partial charge on any atom is -0.756 e. The van der Waals surface area contributed by atoms with Crippen molar-refractivity contribution in [1.29, 1.82) is 0 Å². The number of aryl methyl sites for hydroxylation is 2. The molecule has 0 N–H and O–H groups in total. The van der Waals surface area contributed by atoms with Crippen molar-refractivity contribution in [2.24, 2.45) is 0 Å². The van der Waals surface area contributed by atoms with Gasteiger partial charge in [-0.2, -0.15) is 0 Å². The molecule has 52 heavy (non-hydrogen) atoms. The van der Waals surface area contributed by atoms with Crippen molar-refractivity contribution in [3.63, 3.8) is 0 Å². The highest BCUT2D eigenvalue weighted by molar-refractivity contribution is 7.45. The summed E-state index contributed by atoms with van der Waals surface area (Å²) in [5.41, 5.74) is 4.13. The molecule has 0 saturated heterocycles. The van der Waals surface area contributed by atoms with E-state index in [1.807, 2.05) is 69.7 Å². The van der Waals surface area contributed by atoms with E-state index in [2.05, 4.69) is 9.80 Å². The monoisotopic (exact) mass is 827 g/mol. The van der Waals surface area contributed by atoms with Gasteiger partial charge in [0.2, 0.25) is 0 Å². The quantitative estimate of drug-likeness (QED) is 0.0421. The molecule has 1 unspecified atom stereocenters. The van der Waals surface area contributed by atoms with Gasteiger partial charge in [-0.15, -0.1) is 46.4 Å². The Hall–Kier alpha value is -1.79. The number of phosphoric acid groups is 1. The molecule has 0 saturated carbocycles. The Bertz CT molecular complexity index is 1340. The number of esters is 2. The van der Waals surface area contributed by atoms with E-state index < -0.39 is 32.5 Å². The van der Waals surface area contributed by atoms with Gasteiger partial charge in [-0.25, -0.2) is 0 Å². The van der Waals surface area contributed by atoms with E-state index in [1.54, 1.807) is 0 Å². The molecular weight excluding hydrogens is 775 g/mol. The number of rotatable bonds is 28. The zero-order valence-electron chi connectivity index (χ0n) is 30.5. The molecule has 0 spiro atoms. The van der Waals surface area contributed by atoms with Crippen LogP contribution >= 0.6 is 54.2 Å². The van der Waals surface area contributed by atoms with Gasteiger partial charge < -0.3 is 37.7 Å². The van der Waals surface area contributed by atoms with Crippen LogP contribution in [0.1, 0.15) is 36.8 Å². The molecule has 0 aliphatic rings. The molecule has 0 fully saturated rings. The molecule has 294 valence electrons. The lowest BCUT2D eigenvalue weighted by atomic mass is 10.1. The third kappa shape index (κ3) is 20.0. The SMILES string of the molecule is C[N+](C)(C)CCOP(=O)([O-])OC[C@@H](COC(=O)CCCc1ccc(N(CCCl)CCCl)cc1)OC(=O)CCCc1ccc(N(CCCl)CCCl)cc1. The number of hydrogen-bond acceptors (Lipinski definition) is 10. The van der Waals surface area contributed by atoms with Crippen LogP contribution in [0.4, 0.5) is 11.4 Å². The van der Waals surface area contributed by atoms with Crippen molar-refractivity contribution < 1.29 is 42.1 Å². The Morgan fingerprint density at radius 3 is 1.58 bits per heavy atom. The van der Waals surface area contributed by atoms with Crippen LogP contribution in [0.25, 0.3) is 0 Å². The lowest BCUT2D eigenvalue weighted by Gasteiger charge is -2.28. The summed E-state index contributed by atoms with van der Waals surface area (Å²) < 4.78 is 33.8. The fourth-order valence-corrected chi connectivity index (χ4v) is 6.57. The second kappa shape index (κ2) is 25.3. The molecule has 2 rings (SSSR count). The number of likely N-dealkylation sites (N-methyl/N-ethyl adjacent to an activating group) is 1. The van der Waals surface area contributed by atoms with Crippen LogP contribution in [0.2, 0.25) is 0 Å². The maximum absolute atomic E-state index is 12.8. The summed E-state index contributed by atoms with van der Waals surface area (Å²) in [6.45, 7) is 2.18. The van der Waals surface area contributed by atoms with Crippen LogP contribution in [0.5, 0.6) is 0 Å². The first kappa shape index (κ1) is 46.4. The van der Waals surface area contributed by atoms with E-state index in [4.69, 9.17) is 64.9 Å². The Balaban J connectivity index is 1.91. The third-order valence-electron chi connectivity index (χ3n) is 7.87. The first-order valence-electron chi connectivity index (χ1n) is 17.5. The number of benzene rings is 2. The molecule has 0 heterocycles. The molecule has 2 aromatic rings. The van der Waals surface area contributed by atoms with E-state index in [0.29, 0.717) is 86.4 Å². The van der Waals surface area contributed by atoms with Crippen LogP contribution in [0.3, 0.4) is 0 Å². The van der Waals surface area contributed by atoms with Gasteiger partial charge >= 0.3 is 11.9 Å². The highest BCUT2D eigenvalue weighted by Crippen LogP contribution is 2.38. The number of ether oxygens (including phenoxy) is 2. The Kier molecular flexibility index (Phi) is 22.6. The number of carbonyl (C=O) groups excluding carboxylic acids is 2. The largest absolute Gasteiger partial charge is 0.756 e. The van der Waals surface area contributed by atoms with E-state index in [1.165, 1.54) is 0 Å². The highest BCUT2D eigenvalue weighted by atomic mass is 35.5. The molecular formula is C36H54Cl4N3O8P. The second-order valence-electron chi connectivity index (χ2n) is 13.2. The van der Waals surface area contributed by atoms with E-state index in [9.17, 15) is 19.0 Å². The van der Waals surface area contributed by atoms with Gasteiger partial charge in [0.25, 0.3) is 7.82 Å². The maximum atomic E-state index is 12.8. The average Bonchev–Trinajstić information content (AvgIpc) is 3.09. The Labute approximate surface area is 329 Å². The first-order valence-corrected chi connectivity index (χ1v) is 21.1. The predicted molar refractivity (Wildman–Crippen MR) is 209 cm³/mol. The fourth-order valence-electron chi connectivity index (χ4n) is 5.03. The number of quaternary nitrogens is 1. The fraction of sp³-hybridized carbons (Fsp3) is 0.611. The third-order valence-corrected chi connectivity index (χ3v) is 9.51. The molecule has 0 aliphatic carbocycles. The Morgan fingerprint density at radius 1 is 0.712 bits per heavy atom. The molecule has 0 aliphatic heterocycles.